The summed E-state index contributed by atoms with van der Waals surface area (Å²) in [5, 5.41) is 4.04. The van der Waals surface area contributed by atoms with Crippen LogP contribution in [0, 0.1) is 11.7 Å². The lowest BCUT2D eigenvalue weighted by atomic mass is 9.95. The van der Waals surface area contributed by atoms with Crippen molar-refractivity contribution in [2.75, 3.05) is 26.2 Å². The fourth-order valence-electron chi connectivity index (χ4n) is 3.92. The molecule has 2 amide bonds. The van der Waals surface area contributed by atoms with E-state index in [1.165, 1.54) is 12.1 Å². The topological polar surface area (TPSA) is 62.2 Å². The minimum atomic E-state index is -0.647. The average molecular weight is 389 g/mol. The van der Waals surface area contributed by atoms with Gasteiger partial charge in [-0.3, -0.25) is 9.59 Å². The third-order valence-electron chi connectivity index (χ3n) is 5.46. The Hall–Kier alpha value is -2.44. The molecule has 0 bridgehead atoms. The fourth-order valence-corrected chi connectivity index (χ4v) is 3.92. The maximum Gasteiger partial charge on any atom is 0.266 e. The first kappa shape index (κ1) is 20.3. The minimum Gasteiger partial charge on any atom is -0.382 e. The number of likely N-dealkylation sites (tertiary alicyclic amines) is 1. The zero-order valence-corrected chi connectivity index (χ0v) is 16.6. The number of oxime groups is 1. The van der Waals surface area contributed by atoms with Crippen molar-refractivity contribution >= 4 is 17.5 Å². The zero-order valence-electron chi connectivity index (χ0n) is 16.6. The summed E-state index contributed by atoms with van der Waals surface area (Å²) in [4.78, 5) is 34.4. The van der Waals surface area contributed by atoms with Gasteiger partial charge in [-0.15, -0.1) is 0 Å². The van der Waals surface area contributed by atoms with Crippen LogP contribution in [0.25, 0.3) is 0 Å². The summed E-state index contributed by atoms with van der Waals surface area (Å²) in [5.74, 6) is -0.429. The molecule has 1 saturated heterocycles. The molecule has 0 radical (unpaired) electrons. The van der Waals surface area contributed by atoms with E-state index >= 15 is 0 Å². The number of rotatable bonds is 6. The first-order valence-corrected chi connectivity index (χ1v) is 10.0. The highest BCUT2D eigenvalue weighted by molar-refractivity contribution is 5.94. The van der Waals surface area contributed by atoms with Crippen LogP contribution in [0.4, 0.5) is 4.39 Å². The van der Waals surface area contributed by atoms with Crippen molar-refractivity contribution in [1.29, 1.82) is 0 Å². The maximum atomic E-state index is 13.3. The standard InChI is InChI=1S/C21H28FN3O3/c1-3-24(4-2)20(26)16-8-6-10-25(14-16)21(27)19-13-18(23-28-19)12-15-7-5-9-17(22)11-15/h5,7,9,11,16,19H,3-4,6,8,10,12-14H2,1-2H3/t16-,19+/m0/s1. The summed E-state index contributed by atoms with van der Waals surface area (Å²) in [5.41, 5.74) is 1.54. The van der Waals surface area contributed by atoms with Crippen molar-refractivity contribution in [3.63, 3.8) is 0 Å². The van der Waals surface area contributed by atoms with Crippen molar-refractivity contribution < 1.29 is 18.8 Å². The Bertz CT molecular complexity index is 748. The molecule has 0 unspecified atom stereocenters. The normalized spacial score (nSPS) is 21.8. The predicted octanol–water partition coefficient (Wildman–Crippen LogP) is 2.62. The van der Waals surface area contributed by atoms with Gasteiger partial charge in [0, 0.05) is 39.0 Å². The second-order valence-corrected chi connectivity index (χ2v) is 7.40. The van der Waals surface area contributed by atoms with Gasteiger partial charge in [0.1, 0.15) is 5.82 Å². The van der Waals surface area contributed by atoms with Gasteiger partial charge in [0.2, 0.25) is 12.0 Å². The van der Waals surface area contributed by atoms with Gasteiger partial charge >= 0.3 is 0 Å². The Kier molecular flexibility index (Phi) is 6.65. The van der Waals surface area contributed by atoms with Gasteiger partial charge in [-0.1, -0.05) is 17.3 Å². The molecule has 0 saturated carbocycles. The molecule has 3 rings (SSSR count). The second kappa shape index (κ2) is 9.17. The van der Waals surface area contributed by atoms with E-state index < -0.39 is 6.10 Å². The highest BCUT2D eigenvalue weighted by Crippen LogP contribution is 2.23. The molecule has 0 aliphatic carbocycles. The molecule has 28 heavy (non-hydrogen) atoms. The summed E-state index contributed by atoms with van der Waals surface area (Å²) in [7, 11) is 0. The third kappa shape index (κ3) is 4.69. The Labute approximate surface area is 165 Å². The molecular weight excluding hydrogens is 361 g/mol. The van der Waals surface area contributed by atoms with Gasteiger partial charge in [-0.25, -0.2) is 4.39 Å². The van der Waals surface area contributed by atoms with Gasteiger partial charge in [-0.2, -0.15) is 0 Å². The minimum absolute atomic E-state index is 0.116. The average Bonchev–Trinajstić information content (AvgIpc) is 3.16. The Balaban J connectivity index is 1.55. The summed E-state index contributed by atoms with van der Waals surface area (Å²) in [6, 6.07) is 6.35. The van der Waals surface area contributed by atoms with Crippen LogP contribution in [0.2, 0.25) is 0 Å². The quantitative estimate of drug-likeness (QED) is 0.751. The van der Waals surface area contributed by atoms with Crippen LogP contribution in [0.1, 0.15) is 38.7 Å². The summed E-state index contributed by atoms with van der Waals surface area (Å²) in [6.45, 7) is 6.38. The number of amides is 2. The molecule has 0 spiro atoms. The smallest absolute Gasteiger partial charge is 0.266 e. The Morgan fingerprint density at radius 1 is 1.32 bits per heavy atom. The van der Waals surface area contributed by atoms with E-state index in [1.54, 1.807) is 11.0 Å². The highest BCUT2D eigenvalue weighted by atomic mass is 19.1. The van der Waals surface area contributed by atoms with E-state index in [-0.39, 0.29) is 23.5 Å². The molecule has 1 fully saturated rings. The van der Waals surface area contributed by atoms with E-state index in [2.05, 4.69) is 5.16 Å². The van der Waals surface area contributed by atoms with Crippen molar-refractivity contribution in [1.82, 2.24) is 9.80 Å². The molecule has 2 heterocycles. The molecule has 6 nitrogen and oxygen atoms in total. The van der Waals surface area contributed by atoms with E-state index in [0.29, 0.717) is 39.0 Å². The molecule has 1 aromatic rings. The SMILES string of the molecule is CCN(CC)C(=O)[C@H]1CCCN(C(=O)[C@H]2CC(Cc3cccc(F)c3)=NO2)C1. The van der Waals surface area contributed by atoms with Gasteiger partial charge in [0.05, 0.1) is 11.6 Å². The number of carbonyl (C=O) groups is 2. The monoisotopic (exact) mass is 389 g/mol. The molecule has 0 aromatic heterocycles. The van der Waals surface area contributed by atoms with Crippen LogP contribution >= 0.6 is 0 Å². The number of hydrogen-bond donors (Lipinski definition) is 0. The molecule has 2 atom stereocenters. The highest BCUT2D eigenvalue weighted by Gasteiger charge is 2.36. The van der Waals surface area contributed by atoms with Gasteiger partial charge < -0.3 is 14.6 Å². The molecule has 7 heteroatoms. The van der Waals surface area contributed by atoms with E-state index in [4.69, 9.17) is 4.84 Å². The molecule has 0 N–H and O–H groups in total. The van der Waals surface area contributed by atoms with Crippen LogP contribution in [0.5, 0.6) is 0 Å². The van der Waals surface area contributed by atoms with Crippen LogP contribution in [0.15, 0.2) is 29.4 Å². The van der Waals surface area contributed by atoms with Gasteiger partial charge in [0.15, 0.2) is 0 Å². The number of nitrogens with zero attached hydrogens (tertiary/aromatic N) is 3. The van der Waals surface area contributed by atoms with Crippen molar-refractivity contribution in [2.45, 2.75) is 45.6 Å². The lowest BCUT2D eigenvalue weighted by Crippen LogP contribution is -2.49. The zero-order chi connectivity index (χ0) is 20.1. The van der Waals surface area contributed by atoms with Crippen molar-refractivity contribution in [3.8, 4) is 0 Å². The number of halogens is 1. The number of benzene rings is 1. The maximum absolute atomic E-state index is 13.3. The molecule has 1 aromatic carbocycles. The fraction of sp³-hybridized carbons (Fsp3) is 0.571. The lowest BCUT2D eigenvalue weighted by molar-refractivity contribution is -0.147. The van der Waals surface area contributed by atoms with Crippen molar-refractivity contribution in [3.05, 3.63) is 35.6 Å². The molecule has 152 valence electrons. The molecule has 2 aliphatic rings. The number of hydrogen-bond acceptors (Lipinski definition) is 4. The lowest BCUT2D eigenvalue weighted by Gasteiger charge is -2.35. The van der Waals surface area contributed by atoms with Crippen LogP contribution in [-0.2, 0) is 20.8 Å². The summed E-state index contributed by atoms with van der Waals surface area (Å²) < 4.78 is 13.3. The van der Waals surface area contributed by atoms with Gasteiger partial charge in [0.25, 0.3) is 5.91 Å². The Morgan fingerprint density at radius 2 is 2.11 bits per heavy atom. The van der Waals surface area contributed by atoms with E-state index in [9.17, 15) is 14.0 Å². The predicted molar refractivity (Wildman–Crippen MR) is 104 cm³/mol. The first-order valence-electron chi connectivity index (χ1n) is 10.0. The Morgan fingerprint density at radius 3 is 2.82 bits per heavy atom. The van der Waals surface area contributed by atoms with Crippen LogP contribution < -0.4 is 0 Å². The summed E-state index contributed by atoms with van der Waals surface area (Å²) in [6.07, 6.45) is 1.84. The summed E-state index contributed by atoms with van der Waals surface area (Å²) >= 11 is 0. The number of piperidine rings is 1. The molecule has 2 aliphatic heterocycles. The molecular formula is C21H28FN3O3. The van der Waals surface area contributed by atoms with Gasteiger partial charge in [-0.05, 0) is 44.4 Å². The van der Waals surface area contributed by atoms with Crippen LogP contribution in [0.3, 0.4) is 0 Å². The largest absolute Gasteiger partial charge is 0.382 e. The van der Waals surface area contributed by atoms with E-state index in [1.807, 2.05) is 24.8 Å². The first-order chi connectivity index (χ1) is 13.5. The third-order valence-corrected chi connectivity index (χ3v) is 5.46. The van der Waals surface area contributed by atoms with E-state index in [0.717, 1.165) is 24.1 Å². The second-order valence-electron chi connectivity index (χ2n) is 7.40. The number of carbonyl (C=O) groups excluding carboxylic acids is 2. The van der Waals surface area contributed by atoms with Crippen LogP contribution in [-0.4, -0.2) is 59.6 Å². The van der Waals surface area contributed by atoms with Crippen molar-refractivity contribution in [2.24, 2.45) is 11.1 Å².